The summed E-state index contributed by atoms with van der Waals surface area (Å²) in [5.74, 6) is 2.66. The number of thioether (sulfide) groups is 1. The van der Waals surface area contributed by atoms with E-state index in [-0.39, 0.29) is 10.8 Å². The molecular weight excluding hydrogens is 466 g/mol. The minimum Gasteiger partial charge on any atom is -0.378 e. The molecule has 170 valence electrons. The van der Waals surface area contributed by atoms with E-state index in [1.807, 2.05) is 60.2 Å². The topological polar surface area (TPSA) is 60.1 Å². The number of aliphatic hydroxyl groups is 1. The average Bonchev–Trinajstić information content (AvgIpc) is 3.49. The number of terminal acetylenes is 1. The minimum absolute atomic E-state index is 0.120. The zero-order valence-electron chi connectivity index (χ0n) is 18.7. The van der Waals surface area contributed by atoms with Gasteiger partial charge in [-0.25, -0.2) is 4.98 Å². The zero-order chi connectivity index (χ0) is 24.0. The molecule has 2 unspecified atom stereocenters. The highest BCUT2D eigenvalue weighted by atomic mass is 35.5. The monoisotopic (exact) mass is 487 g/mol. The van der Waals surface area contributed by atoms with Crippen LogP contribution in [-0.2, 0) is 19.7 Å². The van der Waals surface area contributed by atoms with Crippen LogP contribution in [0.15, 0.2) is 76.3 Å². The lowest BCUT2D eigenvalue weighted by molar-refractivity contribution is 0.0718. The number of aromatic nitrogens is 3. The second-order valence-corrected chi connectivity index (χ2v) is 10.3. The molecule has 5 rings (SSSR count). The number of imidazole rings is 1. The summed E-state index contributed by atoms with van der Waals surface area (Å²) in [6.07, 6.45) is 11.5. The van der Waals surface area contributed by atoms with Crippen molar-refractivity contribution in [2.75, 3.05) is 0 Å². The molecule has 0 aliphatic carbocycles. The second kappa shape index (κ2) is 8.52. The first-order valence-corrected chi connectivity index (χ1v) is 12.0. The largest absolute Gasteiger partial charge is 0.378 e. The van der Waals surface area contributed by atoms with E-state index in [1.165, 1.54) is 11.8 Å². The maximum absolute atomic E-state index is 12.8. The van der Waals surface area contributed by atoms with E-state index in [2.05, 4.69) is 10.9 Å². The number of halogens is 1. The Bertz CT molecular complexity index is 1560. The number of hydrogen-bond donors (Lipinski definition) is 1. The van der Waals surface area contributed by atoms with E-state index < -0.39 is 5.60 Å². The van der Waals surface area contributed by atoms with Crippen molar-refractivity contribution in [2.45, 2.75) is 17.3 Å². The molecule has 0 saturated carbocycles. The number of hydrogen-bond acceptors (Lipinski definition) is 4. The summed E-state index contributed by atoms with van der Waals surface area (Å²) in [6, 6.07) is 14.9. The molecule has 0 saturated heterocycles. The fourth-order valence-corrected chi connectivity index (χ4v) is 6.12. The van der Waals surface area contributed by atoms with E-state index in [1.54, 1.807) is 30.2 Å². The van der Waals surface area contributed by atoms with Gasteiger partial charge in [-0.15, -0.1) is 18.2 Å². The highest BCUT2D eigenvalue weighted by Gasteiger charge is 2.44. The third kappa shape index (κ3) is 3.57. The Morgan fingerprint density at radius 3 is 2.74 bits per heavy atom. The van der Waals surface area contributed by atoms with E-state index in [9.17, 15) is 9.90 Å². The first kappa shape index (κ1) is 22.5. The summed E-state index contributed by atoms with van der Waals surface area (Å²) < 4.78 is 4.11. The van der Waals surface area contributed by atoms with Crippen LogP contribution >= 0.6 is 23.4 Å². The van der Waals surface area contributed by atoms with E-state index in [0.717, 1.165) is 27.6 Å². The Balaban J connectivity index is 1.79. The SMILES string of the molecule is C#Cc1cccc(-c2cc(=O)n(C)c3ccc(C(O)(c4cncn4C)C4CC=C(Cl)S4)cc23)c1. The summed E-state index contributed by atoms with van der Waals surface area (Å²) in [5.41, 5.74) is 3.00. The standard InChI is InChI=1S/C27H22ClN3O2S/c1-4-17-6-5-7-18(12-17)20-14-26(32)31(3)22-9-8-19(13-21(20)22)27(33,23-15-29-16-30(23)2)24-10-11-25(28)34-24/h1,5-9,11-16,24,33H,10H2,2-3H3. The third-order valence-corrected chi connectivity index (χ3v) is 8.08. The molecule has 0 radical (unpaired) electrons. The van der Waals surface area contributed by atoms with E-state index >= 15 is 0 Å². The summed E-state index contributed by atoms with van der Waals surface area (Å²) >= 11 is 7.75. The molecule has 2 atom stereocenters. The van der Waals surface area contributed by atoms with Crippen LogP contribution in [0.2, 0.25) is 0 Å². The van der Waals surface area contributed by atoms with Crippen LogP contribution in [0.25, 0.3) is 22.0 Å². The van der Waals surface area contributed by atoms with Crippen molar-refractivity contribution >= 4 is 34.3 Å². The van der Waals surface area contributed by atoms with Gasteiger partial charge in [-0.3, -0.25) is 4.79 Å². The van der Waals surface area contributed by atoms with Gasteiger partial charge in [0.05, 0.1) is 33.3 Å². The Morgan fingerprint density at radius 2 is 2.06 bits per heavy atom. The Morgan fingerprint density at radius 1 is 1.24 bits per heavy atom. The summed E-state index contributed by atoms with van der Waals surface area (Å²) in [4.78, 5) is 17.0. The molecule has 5 nitrogen and oxygen atoms in total. The van der Waals surface area contributed by atoms with Crippen LogP contribution in [0, 0.1) is 12.3 Å². The Hall–Kier alpha value is -3.24. The summed E-state index contributed by atoms with van der Waals surface area (Å²) in [7, 11) is 3.61. The number of allylic oxidation sites excluding steroid dienone is 1. The van der Waals surface area contributed by atoms with Crippen molar-refractivity contribution in [2.24, 2.45) is 14.1 Å². The van der Waals surface area contributed by atoms with Crippen LogP contribution in [0.1, 0.15) is 23.2 Å². The van der Waals surface area contributed by atoms with Crippen LogP contribution in [-0.4, -0.2) is 24.5 Å². The molecule has 3 heterocycles. The highest BCUT2D eigenvalue weighted by Crippen LogP contribution is 2.48. The van der Waals surface area contributed by atoms with Crippen LogP contribution in [0.3, 0.4) is 0 Å². The average molecular weight is 488 g/mol. The van der Waals surface area contributed by atoms with Gasteiger partial charge in [0.15, 0.2) is 0 Å². The van der Waals surface area contributed by atoms with Crippen molar-refractivity contribution in [3.05, 3.63) is 98.7 Å². The number of rotatable bonds is 4. The predicted octanol–water partition coefficient (Wildman–Crippen LogP) is 4.74. The highest BCUT2D eigenvalue weighted by molar-refractivity contribution is 8.05. The summed E-state index contributed by atoms with van der Waals surface area (Å²) in [5, 5.41) is 12.9. The molecule has 34 heavy (non-hydrogen) atoms. The quantitative estimate of drug-likeness (QED) is 0.422. The number of nitrogens with zero attached hydrogens (tertiary/aromatic N) is 3. The van der Waals surface area contributed by atoms with Crippen LogP contribution < -0.4 is 5.56 Å². The molecule has 1 aliphatic rings. The molecule has 0 spiro atoms. The number of pyridine rings is 1. The lowest BCUT2D eigenvalue weighted by Crippen LogP contribution is -2.39. The second-order valence-electron chi connectivity index (χ2n) is 8.42. The minimum atomic E-state index is -1.36. The number of fused-ring (bicyclic) bond motifs is 1. The van der Waals surface area contributed by atoms with Crippen molar-refractivity contribution in [3.8, 4) is 23.5 Å². The van der Waals surface area contributed by atoms with Gasteiger partial charge in [0.2, 0.25) is 0 Å². The predicted molar refractivity (Wildman–Crippen MR) is 139 cm³/mol. The number of aryl methyl sites for hydroxylation is 2. The first-order valence-electron chi connectivity index (χ1n) is 10.8. The van der Waals surface area contributed by atoms with Crippen molar-refractivity contribution in [3.63, 3.8) is 0 Å². The third-order valence-electron chi connectivity index (χ3n) is 6.45. The van der Waals surface area contributed by atoms with Gasteiger partial charge < -0.3 is 14.2 Å². The van der Waals surface area contributed by atoms with Gasteiger partial charge in [-0.05, 0) is 47.4 Å². The maximum atomic E-state index is 12.8. The van der Waals surface area contributed by atoms with Gasteiger partial charge in [0, 0.05) is 31.1 Å². The molecule has 2 aromatic heterocycles. The molecule has 1 N–H and O–H groups in total. The van der Waals surface area contributed by atoms with Gasteiger partial charge in [0.25, 0.3) is 5.56 Å². The van der Waals surface area contributed by atoms with Gasteiger partial charge in [-0.1, -0.05) is 41.8 Å². The van der Waals surface area contributed by atoms with E-state index in [0.29, 0.717) is 22.0 Å². The van der Waals surface area contributed by atoms with Crippen LogP contribution in [0.5, 0.6) is 0 Å². The summed E-state index contributed by atoms with van der Waals surface area (Å²) in [6.45, 7) is 0. The molecule has 1 aliphatic heterocycles. The van der Waals surface area contributed by atoms with Crippen molar-refractivity contribution in [1.29, 1.82) is 0 Å². The zero-order valence-corrected chi connectivity index (χ0v) is 20.3. The molecule has 7 heteroatoms. The van der Waals surface area contributed by atoms with Crippen molar-refractivity contribution < 1.29 is 5.11 Å². The molecule has 0 bridgehead atoms. The maximum Gasteiger partial charge on any atom is 0.251 e. The molecule has 0 amide bonds. The molecule has 2 aromatic carbocycles. The molecular formula is C27H22ClN3O2S. The Labute approximate surface area is 206 Å². The Kier molecular flexibility index (Phi) is 5.65. The van der Waals surface area contributed by atoms with E-state index in [4.69, 9.17) is 18.0 Å². The van der Waals surface area contributed by atoms with Gasteiger partial charge >= 0.3 is 0 Å². The first-order chi connectivity index (χ1) is 16.3. The lowest BCUT2D eigenvalue weighted by atomic mass is 9.84. The normalized spacial score (nSPS) is 17.4. The van der Waals surface area contributed by atoms with Gasteiger partial charge in [-0.2, -0.15) is 0 Å². The lowest BCUT2D eigenvalue weighted by Gasteiger charge is -2.34. The fraction of sp³-hybridized carbons (Fsp3) is 0.185. The van der Waals surface area contributed by atoms with Crippen LogP contribution in [0.4, 0.5) is 0 Å². The fourth-order valence-electron chi connectivity index (χ4n) is 4.62. The smallest absolute Gasteiger partial charge is 0.251 e. The molecule has 4 aromatic rings. The number of benzene rings is 2. The van der Waals surface area contributed by atoms with Crippen molar-refractivity contribution in [1.82, 2.24) is 14.1 Å². The van der Waals surface area contributed by atoms with Gasteiger partial charge in [0.1, 0.15) is 5.60 Å². The molecule has 0 fully saturated rings.